The van der Waals surface area contributed by atoms with Crippen molar-refractivity contribution >= 4 is 31.6 Å². The van der Waals surface area contributed by atoms with E-state index in [4.69, 9.17) is 0 Å². The van der Waals surface area contributed by atoms with Gasteiger partial charge in [0.15, 0.2) is 0 Å². The third-order valence-corrected chi connectivity index (χ3v) is 103. The van der Waals surface area contributed by atoms with Crippen LogP contribution in [-0.2, 0) is 0 Å². The molecule has 0 saturated carbocycles. The molecule has 0 atom stereocenters. The second-order valence-corrected chi connectivity index (χ2v) is 68.8. The first-order chi connectivity index (χ1) is 6.37. The van der Waals surface area contributed by atoms with Gasteiger partial charge in [-0.2, -0.15) is 0 Å². The molecule has 0 radical (unpaired) electrons. The average Bonchev–Trinajstić information content (AvgIpc) is 2.51. The van der Waals surface area contributed by atoms with Crippen molar-refractivity contribution in [3.8, 4) is 0 Å². The van der Waals surface area contributed by atoms with Gasteiger partial charge in [0.1, 0.15) is 0 Å². The fraction of sp³-hybridized carbons (Fsp3) is 1.00. The van der Waals surface area contributed by atoms with Crippen LogP contribution in [0.25, 0.3) is 0 Å². The van der Waals surface area contributed by atoms with Crippen molar-refractivity contribution in [1.82, 2.24) is 0 Å². The molecule has 1 aliphatic rings. The van der Waals surface area contributed by atoms with Crippen molar-refractivity contribution in [3.63, 3.8) is 0 Å². The summed E-state index contributed by atoms with van der Waals surface area (Å²) in [7, 11) is -1.11. The maximum absolute atomic E-state index is 2.54. The summed E-state index contributed by atoms with van der Waals surface area (Å²) in [5.74, 6) is 0. The first kappa shape index (κ1) is 14.7. The molecular formula is C12H27As3. The van der Waals surface area contributed by atoms with Gasteiger partial charge in [-0.3, -0.25) is 0 Å². The number of hydrogen-bond donors (Lipinski definition) is 0. The van der Waals surface area contributed by atoms with Crippen LogP contribution in [0.2, 0.25) is 12.6 Å². The Morgan fingerprint density at radius 2 is 0.533 bits per heavy atom. The zero-order valence-electron chi connectivity index (χ0n) is 11.8. The van der Waals surface area contributed by atoms with E-state index >= 15 is 0 Å². The van der Waals surface area contributed by atoms with Crippen molar-refractivity contribution in [2.75, 3.05) is 0 Å². The van der Waals surface area contributed by atoms with Crippen molar-refractivity contribution in [3.05, 3.63) is 0 Å². The molecule has 1 saturated heterocycles. The molecule has 90 valence electrons. The van der Waals surface area contributed by atoms with E-state index in [1.54, 1.807) is 0 Å². The van der Waals surface area contributed by atoms with Gasteiger partial charge in [-0.1, -0.05) is 0 Å². The monoisotopic (exact) mass is 396 g/mol. The van der Waals surface area contributed by atoms with Crippen LogP contribution in [0.5, 0.6) is 0 Å². The first-order valence-corrected chi connectivity index (χ1v) is 24.2. The Balaban J connectivity index is 2.91. The van der Waals surface area contributed by atoms with Crippen molar-refractivity contribution in [1.29, 1.82) is 0 Å². The predicted octanol–water partition coefficient (Wildman–Crippen LogP) is 4.12. The number of rotatable bonds is 0. The average molecular weight is 396 g/mol. The topological polar surface area (TPSA) is 0 Å². The quantitative estimate of drug-likeness (QED) is 0.541. The van der Waals surface area contributed by atoms with E-state index in [-0.39, 0.29) is 31.6 Å². The Kier molecular flexibility index (Phi) is 4.03. The third kappa shape index (κ3) is 3.33. The molecule has 0 nitrogen and oxygen atoms in total. The van der Waals surface area contributed by atoms with Crippen LogP contribution >= 0.6 is 0 Å². The van der Waals surface area contributed by atoms with Gasteiger partial charge in [-0.15, -0.1) is 0 Å². The second kappa shape index (κ2) is 4.11. The Bertz CT molecular complexity index is 190. The Morgan fingerprint density at radius 1 is 0.400 bits per heavy atom. The summed E-state index contributed by atoms with van der Waals surface area (Å²) >= 11 is 0. The molecule has 3 heteroatoms. The fourth-order valence-corrected chi connectivity index (χ4v) is 190. The first-order valence-electron chi connectivity index (χ1n) is 5.77. The van der Waals surface area contributed by atoms with E-state index in [0.717, 1.165) is 12.6 Å². The molecule has 0 aromatic rings. The molecule has 1 rings (SSSR count). The zero-order chi connectivity index (χ0) is 12.2. The summed E-state index contributed by atoms with van der Waals surface area (Å²) in [6, 6.07) is 0. The molecule has 1 heterocycles. The van der Waals surface area contributed by atoms with Crippen LogP contribution in [0.1, 0.15) is 62.3 Å². The molecule has 0 aliphatic carbocycles. The molecule has 0 amide bonds. The molecule has 0 unspecified atom stereocenters. The summed E-state index contributed by atoms with van der Waals surface area (Å²) in [6.07, 6.45) is 0. The molecule has 0 bridgehead atoms. The molecule has 1 aliphatic heterocycles. The Hall–Kier alpha value is 1.68. The predicted molar refractivity (Wildman–Crippen MR) is 76.4 cm³/mol. The van der Waals surface area contributed by atoms with Gasteiger partial charge in [-0.05, 0) is 0 Å². The molecule has 0 aromatic carbocycles. The fourth-order valence-electron chi connectivity index (χ4n) is 1.83. The minimum absolute atomic E-state index is 0.372. The van der Waals surface area contributed by atoms with Crippen LogP contribution < -0.4 is 0 Å². The van der Waals surface area contributed by atoms with Crippen molar-refractivity contribution < 1.29 is 0 Å². The van der Waals surface area contributed by atoms with E-state index in [0.29, 0.717) is 0 Å². The Morgan fingerprint density at radius 3 is 0.600 bits per heavy atom. The minimum atomic E-state index is -0.372. The van der Waals surface area contributed by atoms with Crippen LogP contribution in [0.15, 0.2) is 0 Å². The standard InChI is InChI=1S/C12H27As3/c1-10(2,3)13-14(11(4,5)6)15(13)12(7,8)9/h1-9H3. The summed E-state index contributed by atoms with van der Waals surface area (Å²) in [4.78, 5) is 0. The Labute approximate surface area is 106 Å². The molecule has 0 N–H and O–H groups in total. The van der Waals surface area contributed by atoms with Crippen LogP contribution in [-0.4, -0.2) is 31.6 Å². The summed E-state index contributed by atoms with van der Waals surface area (Å²) in [5, 5.41) is 0. The van der Waals surface area contributed by atoms with Crippen molar-refractivity contribution in [2.45, 2.75) is 74.9 Å². The normalized spacial score (nSPS) is 33.0. The van der Waals surface area contributed by atoms with Crippen LogP contribution in [0.3, 0.4) is 0 Å². The summed E-state index contributed by atoms with van der Waals surface area (Å²) < 4.78 is 2.23. The molecule has 0 aromatic heterocycles. The molecule has 15 heavy (non-hydrogen) atoms. The van der Waals surface area contributed by atoms with Crippen molar-refractivity contribution in [2.24, 2.45) is 0 Å². The van der Waals surface area contributed by atoms with E-state index in [1.165, 1.54) is 0 Å². The SMILES string of the molecule is CC(C)(C)[As]1[As](C(C)(C)C)[As]1C(C)(C)C. The molecule has 0 spiro atoms. The molecule has 1 fully saturated rings. The summed E-state index contributed by atoms with van der Waals surface area (Å²) in [6.45, 7) is 22.9. The second-order valence-electron chi connectivity index (χ2n) is 7.38. The van der Waals surface area contributed by atoms with E-state index in [9.17, 15) is 0 Å². The molecular weight excluding hydrogens is 369 g/mol. The summed E-state index contributed by atoms with van der Waals surface area (Å²) in [5.41, 5.74) is 0. The van der Waals surface area contributed by atoms with Crippen LogP contribution in [0.4, 0.5) is 0 Å². The van der Waals surface area contributed by atoms with Gasteiger partial charge in [0.25, 0.3) is 0 Å². The van der Waals surface area contributed by atoms with Gasteiger partial charge in [0.2, 0.25) is 0 Å². The van der Waals surface area contributed by atoms with E-state index in [1.807, 2.05) is 0 Å². The van der Waals surface area contributed by atoms with E-state index < -0.39 is 0 Å². The number of hydrogen-bond acceptors (Lipinski definition) is 0. The van der Waals surface area contributed by atoms with Gasteiger partial charge in [0.05, 0.1) is 0 Å². The van der Waals surface area contributed by atoms with E-state index in [2.05, 4.69) is 62.3 Å². The third-order valence-electron chi connectivity index (χ3n) is 2.31. The van der Waals surface area contributed by atoms with Crippen LogP contribution in [0, 0.1) is 0 Å². The van der Waals surface area contributed by atoms with Gasteiger partial charge < -0.3 is 0 Å². The maximum atomic E-state index is 2.54. The van der Waals surface area contributed by atoms with Gasteiger partial charge in [0, 0.05) is 0 Å². The van der Waals surface area contributed by atoms with Gasteiger partial charge >= 0.3 is 106 Å². The van der Waals surface area contributed by atoms with Gasteiger partial charge in [-0.25, -0.2) is 0 Å². The zero-order valence-corrected chi connectivity index (χ0v) is 17.5.